The normalized spacial score (nSPS) is 11.5. The van der Waals surface area contributed by atoms with Crippen molar-refractivity contribution >= 4 is 5.97 Å². The molecule has 0 bridgehead atoms. The van der Waals surface area contributed by atoms with E-state index in [-0.39, 0.29) is 5.56 Å². The van der Waals surface area contributed by atoms with Gasteiger partial charge in [0.15, 0.2) is 11.6 Å². The van der Waals surface area contributed by atoms with Gasteiger partial charge in [0.1, 0.15) is 0 Å². The highest BCUT2D eigenvalue weighted by Crippen LogP contribution is 2.24. The summed E-state index contributed by atoms with van der Waals surface area (Å²) in [6.07, 6.45) is 0. The third-order valence-electron chi connectivity index (χ3n) is 1.97. The van der Waals surface area contributed by atoms with E-state index in [4.69, 9.17) is 5.11 Å². The monoisotopic (exact) mass is 216 g/mol. The Balaban J connectivity index is 3.43. The maximum absolute atomic E-state index is 13.0. The molecule has 1 aromatic rings. The Hall–Kier alpha value is -1.49. The number of benzene rings is 1. The van der Waals surface area contributed by atoms with Crippen molar-refractivity contribution in [1.82, 2.24) is 0 Å². The average Bonchev–Trinajstić information content (AvgIpc) is 2.06. The Labute approximate surface area is 85.0 Å². The summed E-state index contributed by atoms with van der Waals surface area (Å²) < 4.78 is 26.0. The fraction of sp³-hybridized carbons (Fsp3) is 0.300. The molecule has 3 nitrogen and oxygen atoms in total. The fourth-order valence-electron chi connectivity index (χ4n) is 1.10. The molecule has 0 atom stereocenters. The SMILES string of the molecule is CC(C)(O)c1cc(F)c(F)c(C(=O)O)c1. The van der Waals surface area contributed by atoms with Crippen LogP contribution in [0.3, 0.4) is 0 Å². The van der Waals surface area contributed by atoms with Gasteiger partial charge in [-0.25, -0.2) is 13.6 Å². The van der Waals surface area contributed by atoms with E-state index in [2.05, 4.69) is 0 Å². The zero-order valence-corrected chi connectivity index (χ0v) is 8.21. The summed E-state index contributed by atoms with van der Waals surface area (Å²) >= 11 is 0. The predicted molar refractivity (Wildman–Crippen MR) is 48.6 cm³/mol. The number of halogens is 2. The van der Waals surface area contributed by atoms with Crippen molar-refractivity contribution in [3.63, 3.8) is 0 Å². The molecule has 2 N–H and O–H groups in total. The van der Waals surface area contributed by atoms with Crippen LogP contribution in [0.4, 0.5) is 8.78 Å². The summed E-state index contributed by atoms with van der Waals surface area (Å²) in [5, 5.41) is 18.1. The molecule has 5 heteroatoms. The molecule has 1 aromatic carbocycles. The van der Waals surface area contributed by atoms with Crippen molar-refractivity contribution in [3.8, 4) is 0 Å². The Morgan fingerprint density at radius 2 is 1.87 bits per heavy atom. The van der Waals surface area contributed by atoms with Crippen LogP contribution in [0.1, 0.15) is 29.8 Å². The van der Waals surface area contributed by atoms with Gasteiger partial charge in [-0.15, -0.1) is 0 Å². The second-order valence-corrected chi connectivity index (χ2v) is 3.68. The van der Waals surface area contributed by atoms with Gasteiger partial charge in [-0.05, 0) is 31.5 Å². The van der Waals surface area contributed by atoms with Crippen LogP contribution in [0.15, 0.2) is 12.1 Å². The summed E-state index contributed by atoms with van der Waals surface area (Å²) in [7, 11) is 0. The molecule has 15 heavy (non-hydrogen) atoms. The molecule has 0 unspecified atom stereocenters. The van der Waals surface area contributed by atoms with Crippen molar-refractivity contribution in [2.24, 2.45) is 0 Å². The molecular formula is C10H10F2O3. The number of carbonyl (C=O) groups is 1. The van der Waals surface area contributed by atoms with Gasteiger partial charge in [0.05, 0.1) is 11.2 Å². The first-order chi connectivity index (χ1) is 6.73. The average molecular weight is 216 g/mol. The Bertz CT molecular complexity index is 408. The van der Waals surface area contributed by atoms with Crippen molar-refractivity contribution in [2.45, 2.75) is 19.4 Å². The number of hydrogen-bond acceptors (Lipinski definition) is 2. The van der Waals surface area contributed by atoms with E-state index in [1.165, 1.54) is 13.8 Å². The van der Waals surface area contributed by atoms with Crippen LogP contribution >= 0.6 is 0 Å². The van der Waals surface area contributed by atoms with E-state index in [1.807, 2.05) is 0 Å². The van der Waals surface area contributed by atoms with Crippen LogP contribution in [-0.2, 0) is 5.60 Å². The third kappa shape index (κ3) is 2.30. The standard InChI is InChI=1S/C10H10F2O3/c1-10(2,15)5-3-6(9(13)14)8(12)7(11)4-5/h3-4,15H,1-2H3,(H,13,14). The fourth-order valence-corrected chi connectivity index (χ4v) is 1.10. The van der Waals surface area contributed by atoms with Gasteiger partial charge in [-0.2, -0.15) is 0 Å². The second-order valence-electron chi connectivity index (χ2n) is 3.68. The Morgan fingerprint density at radius 3 is 2.27 bits per heavy atom. The molecule has 1 rings (SSSR count). The number of carboxylic acid groups (broad SMARTS) is 1. The summed E-state index contributed by atoms with van der Waals surface area (Å²) in [6.45, 7) is 2.70. The van der Waals surface area contributed by atoms with Gasteiger partial charge >= 0.3 is 5.97 Å². The van der Waals surface area contributed by atoms with Gasteiger partial charge in [0, 0.05) is 0 Å². The minimum Gasteiger partial charge on any atom is -0.478 e. The largest absolute Gasteiger partial charge is 0.478 e. The van der Waals surface area contributed by atoms with E-state index in [1.54, 1.807) is 0 Å². The summed E-state index contributed by atoms with van der Waals surface area (Å²) in [5.41, 5.74) is -2.19. The highest BCUT2D eigenvalue weighted by molar-refractivity contribution is 5.88. The van der Waals surface area contributed by atoms with E-state index >= 15 is 0 Å². The molecule has 0 aliphatic heterocycles. The van der Waals surface area contributed by atoms with Crippen molar-refractivity contribution in [2.75, 3.05) is 0 Å². The molecule has 0 saturated carbocycles. The molecule has 0 saturated heterocycles. The van der Waals surface area contributed by atoms with Gasteiger partial charge in [0.25, 0.3) is 0 Å². The molecule has 0 aliphatic carbocycles. The maximum Gasteiger partial charge on any atom is 0.338 e. The lowest BCUT2D eigenvalue weighted by Crippen LogP contribution is -2.18. The molecule has 0 amide bonds. The van der Waals surface area contributed by atoms with E-state index in [9.17, 15) is 18.7 Å². The molecule has 0 fully saturated rings. The first-order valence-electron chi connectivity index (χ1n) is 4.18. The van der Waals surface area contributed by atoms with Crippen LogP contribution in [0.25, 0.3) is 0 Å². The van der Waals surface area contributed by atoms with Gasteiger partial charge in [0.2, 0.25) is 0 Å². The Morgan fingerprint density at radius 1 is 1.33 bits per heavy atom. The molecule has 0 heterocycles. The third-order valence-corrected chi connectivity index (χ3v) is 1.97. The van der Waals surface area contributed by atoms with E-state index < -0.39 is 28.8 Å². The second kappa shape index (κ2) is 3.58. The number of carboxylic acids is 1. The summed E-state index contributed by atoms with van der Waals surface area (Å²) in [5.74, 6) is -4.28. The zero-order valence-electron chi connectivity index (χ0n) is 8.21. The zero-order chi connectivity index (χ0) is 11.8. The molecule has 0 aliphatic rings. The van der Waals surface area contributed by atoms with Crippen molar-refractivity contribution in [3.05, 3.63) is 34.9 Å². The van der Waals surface area contributed by atoms with E-state index in [0.717, 1.165) is 12.1 Å². The predicted octanol–water partition coefficient (Wildman–Crippen LogP) is 1.89. The van der Waals surface area contributed by atoms with E-state index in [0.29, 0.717) is 0 Å². The molecule has 0 aromatic heterocycles. The lowest BCUT2D eigenvalue weighted by atomic mass is 9.96. The van der Waals surface area contributed by atoms with Gasteiger partial charge in [-0.1, -0.05) is 0 Å². The quantitative estimate of drug-likeness (QED) is 0.793. The number of hydrogen-bond donors (Lipinski definition) is 2. The summed E-state index contributed by atoms with van der Waals surface area (Å²) in [6, 6.07) is 1.70. The molecule has 0 radical (unpaired) electrons. The molecule has 0 spiro atoms. The van der Waals surface area contributed by atoms with Crippen molar-refractivity contribution < 1.29 is 23.8 Å². The highest BCUT2D eigenvalue weighted by atomic mass is 19.2. The highest BCUT2D eigenvalue weighted by Gasteiger charge is 2.23. The van der Waals surface area contributed by atoms with Crippen LogP contribution < -0.4 is 0 Å². The minimum absolute atomic E-state index is 0.0128. The maximum atomic E-state index is 13.0. The molecule has 82 valence electrons. The van der Waals surface area contributed by atoms with Gasteiger partial charge < -0.3 is 10.2 Å². The number of rotatable bonds is 2. The number of aliphatic hydroxyl groups is 1. The van der Waals surface area contributed by atoms with Crippen LogP contribution in [0.5, 0.6) is 0 Å². The van der Waals surface area contributed by atoms with Crippen LogP contribution in [-0.4, -0.2) is 16.2 Å². The first-order valence-corrected chi connectivity index (χ1v) is 4.18. The van der Waals surface area contributed by atoms with Gasteiger partial charge in [-0.3, -0.25) is 0 Å². The lowest BCUT2D eigenvalue weighted by molar-refractivity contribution is 0.0685. The van der Waals surface area contributed by atoms with Crippen molar-refractivity contribution in [1.29, 1.82) is 0 Å². The van der Waals surface area contributed by atoms with Crippen LogP contribution in [0, 0.1) is 11.6 Å². The first kappa shape index (κ1) is 11.6. The smallest absolute Gasteiger partial charge is 0.338 e. The Kier molecular flexibility index (Phi) is 2.77. The summed E-state index contributed by atoms with van der Waals surface area (Å²) in [4.78, 5) is 10.6. The lowest BCUT2D eigenvalue weighted by Gasteiger charge is -2.18. The minimum atomic E-state index is -1.57. The van der Waals surface area contributed by atoms with Crippen LogP contribution in [0.2, 0.25) is 0 Å². The topological polar surface area (TPSA) is 57.5 Å². The number of aromatic carboxylic acids is 1. The molecular weight excluding hydrogens is 206 g/mol.